The molecule has 37 heavy (non-hydrogen) atoms. The van der Waals surface area contributed by atoms with Crippen LogP contribution in [0.4, 0.5) is 23.1 Å². The Labute approximate surface area is 213 Å². The zero-order valence-electron chi connectivity index (χ0n) is 20.2. The standard InChI is InChI=1S/C24H26N8O2.CH2O2/c25-23-21(32(33)34)9-8-18(28-23)6-4-10-27-24-29-20(16-22-26-11-14-31(22)24)17-5-3-7-19(15-17)30-12-1-2-13-30;2-1-3/h3,5,7-9,11,14-16H,1-2,4,6,10,12-13H2,(H2,25,28)(H,27,29);1H,(H,2,3). The molecule has 4 N–H and O–H groups in total. The molecule has 3 aromatic heterocycles. The Balaban J connectivity index is 0.00000102. The topological polar surface area (TPSA) is 165 Å². The van der Waals surface area contributed by atoms with Crippen molar-refractivity contribution >= 4 is 35.3 Å². The van der Waals surface area contributed by atoms with Gasteiger partial charge in [-0.2, -0.15) is 0 Å². The molecule has 4 aromatic rings. The average Bonchev–Trinajstić information content (AvgIpc) is 3.59. The van der Waals surface area contributed by atoms with Gasteiger partial charge in [0.25, 0.3) is 6.47 Å². The van der Waals surface area contributed by atoms with Crippen LogP contribution in [0.25, 0.3) is 16.9 Å². The first-order valence-corrected chi connectivity index (χ1v) is 11.9. The van der Waals surface area contributed by atoms with Crippen LogP contribution in [0, 0.1) is 10.1 Å². The molecule has 1 aliphatic rings. The Kier molecular flexibility index (Phi) is 8.08. The third kappa shape index (κ3) is 6.10. The lowest BCUT2D eigenvalue weighted by atomic mass is 10.1. The van der Waals surface area contributed by atoms with E-state index in [1.165, 1.54) is 24.6 Å². The normalized spacial score (nSPS) is 12.7. The second-order valence-corrected chi connectivity index (χ2v) is 8.46. The molecule has 0 unspecified atom stereocenters. The highest BCUT2D eigenvalue weighted by molar-refractivity contribution is 5.70. The highest BCUT2D eigenvalue weighted by Gasteiger charge is 2.15. The molecule has 0 amide bonds. The summed E-state index contributed by atoms with van der Waals surface area (Å²) in [6.07, 6.45) is 7.51. The van der Waals surface area contributed by atoms with Crippen molar-refractivity contribution in [1.82, 2.24) is 19.4 Å². The van der Waals surface area contributed by atoms with Gasteiger partial charge in [0.05, 0.1) is 10.6 Å². The summed E-state index contributed by atoms with van der Waals surface area (Å²) < 4.78 is 1.93. The summed E-state index contributed by atoms with van der Waals surface area (Å²) in [5.41, 5.74) is 10.2. The molecule has 1 aliphatic heterocycles. The third-order valence-corrected chi connectivity index (χ3v) is 6.05. The van der Waals surface area contributed by atoms with Gasteiger partial charge in [-0.1, -0.05) is 12.1 Å². The first-order valence-electron chi connectivity index (χ1n) is 11.9. The number of nitrogens with zero attached hydrogens (tertiary/aromatic N) is 6. The van der Waals surface area contributed by atoms with Crippen LogP contribution < -0.4 is 16.0 Å². The molecular weight excluding hydrogens is 476 g/mol. The smallest absolute Gasteiger partial charge is 0.311 e. The van der Waals surface area contributed by atoms with Gasteiger partial charge >= 0.3 is 5.69 Å². The molecule has 5 rings (SSSR count). The fourth-order valence-corrected chi connectivity index (χ4v) is 4.31. The van der Waals surface area contributed by atoms with Crippen molar-refractivity contribution in [3.05, 3.63) is 70.7 Å². The molecule has 192 valence electrons. The van der Waals surface area contributed by atoms with Crippen molar-refractivity contribution in [1.29, 1.82) is 0 Å². The number of carbonyl (C=O) groups is 1. The zero-order valence-corrected chi connectivity index (χ0v) is 20.2. The third-order valence-electron chi connectivity index (χ3n) is 6.05. The number of nitrogens with two attached hydrogens (primary N) is 1. The summed E-state index contributed by atoms with van der Waals surface area (Å²) in [6.45, 7) is 2.59. The van der Waals surface area contributed by atoms with Gasteiger partial charge in [0, 0.05) is 61.1 Å². The van der Waals surface area contributed by atoms with E-state index in [2.05, 4.69) is 44.5 Å². The van der Waals surface area contributed by atoms with E-state index in [-0.39, 0.29) is 18.0 Å². The lowest BCUT2D eigenvalue weighted by Crippen LogP contribution is -2.17. The van der Waals surface area contributed by atoms with E-state index in [0.29, 0.717) is 18.9 Å². The Hall–Kier alpha value is -4.74. The summed E-state index contributed by atoms with van der Waals surface area (Å²) in [7, 11) is 0. The number of aromatic nitrogens is 4. The van der Waals surface area contributed by atoms with Gasteiger partial charge in [0.15, 0.2) is 0 Å². The Morgan fingerprint density at radius 2 is 1.95 bits per heavy atom. The minimum atomic E-state index is -0.524. The lowest BCUT2D eigenvalue weighted by molar-refractivity contribution is -0.384. The Morgan fingerprint density at radius 1 is 1.16 bits per heavy atom. The predicted octanol–water partition coefficient (Wildman–Crippen LogP) is 3.63. The fourth-order valence-electron chi connectivity index (χ4n) is 4.31. The highest BCUT2D eigenvalue weighted by atomic mass is 16.6. The molecule has 0 spiro atoms. The highest BCUT2D eigenvalue weighted by Crippen LogP contribution is 2.27. The summed E-state index contributed by atoms with van der Waals surface area (Å²) in [6, 6.07) is 13.6. The van der Waals surface area contributed by atoms with Crippen molar-refractivity contribution < 1.29 is 14.8 Å². The maximum Gasteiger partial charge on any atom is 0.311 e. The first kappa shape index (κ1) is 25.4. The van der Waals surface area contributed by atoms with Crippen LogP contribution in [0.15, 0.2) is 54.9 Å². The van der Waals surface area contributed by atoms with Crippen LogP contribution in [0.5, 0.6) is 0 Å². The average molecular weight is 505 g/mol. The Bertz CT molecular complexity index is 1380. The van der Waals surface area contributed by atoms with Crippen LogP contribution in [0.1, 0.15) is 25.0 Å². The van der Waals surface area contributed by atoms with Gasteiger partial charge in [-0.15, -0.1) is 0 Å². The molecule has 1 saturated heterocycles. The van der Waals surface area contributed by atoms with Crippen molar-refractivity contribution in [2.45, 2.75) is 25.7 Å². The van der Waals surface area contributed by atoms with Crippen LogP contribution in [0.3, 0.4) is 0 Å². The van der Waals surface area contributed by atoms with Gasteiger partial charge in [-0.05, 0) is 43.9 Å². The predicted molar refractivity (Wildman–Crippen MR) is 141 cm³/mol. The van der Waals surface area contributed by atoms with Crippen LogP contribution in [-0.2, 0) is 11.2 Å². The molecular formula is C25H28N8O4. The van der Waals surface area contributed by atoms with Gasteiger partial charge in [0.2, 0.25) is 11.8 Å². The second-order valence-electron chi connectivity index (χ2n) is 8.46. The molecule has 0 aliphatic carbocycles. The minimum absolute atomic E-state index is 0.0545. The van der Waals surface area contributed by atoms with E-state index in [4.69, 9.17) is 20.6 Å². The van der Waals surface area contributed by atoms with Crippen LogP contribution in [0.2, 0.25) is 0 Å². The zero-order chi connectivity index (χ0) is 26.2. The number of nitro groups is 1. The Morgan fingerprint density at radius 3 is 2.68 bits per heavy atom. The maximum absolute atomic E-state index is 10.9. The number of carboxylic acid groups (broad SMARTS) is 1. The van der Waals surface area contributed by atoms with E-state index >= 15 is 0 Å². The van der Waals surface area contributed by atoms with E-state index in [1.54, 1.807) is 12.3 Å². The molecule has 0 saturated carbocycles. The van der Waals surface area contributed by atoms with Crippen LogP contribution in [-0.4, -0.2) is 55.5 Å². The van der Waals surface area contributed by atoms with E-state index in [1.807, 2.05) is 16.7 Å². The van der Waals surface area contributed by atoms with Gasteiger partial charge in [-0.25, -0.2) is 15.0 Å². The van der Waals surface area contributed by atoms with E-state index in [9.17, 15) is 10.1 Å². The maximum atomic E-state index is 10.9. The lowest BCUT2D eigenvalue weighted by Gasteiger charge is -2.18. The summed E-state index contributed by atoms with van der Waals surface area (Å²) >= 11 is 0. The molecule has 0 radical (unpaired) electrons. The number of aryl methyl sites for hydroxylation is 1. The molecule has 0 atom stereocenters. The molecule has 4 heterocycles. The quantitative estimate of drug-likeness (QED) is 0.140. The number of anilines is 3. The number of imidazole rings is 1. The van der Waals surface area contributed by atoms with Crippen molar-refractivity contribution in [3.63, 3.8) is 0 Å². The number of hydrogen-bond donors (Lipinski definition) is 3. The van der Waals surface area contributed by atoms with E-state index < -0.39 is 4.92 Å². The largest absolute Gasteiger partial charge is 0.483 e. The summed E-state index contributed by atoms with van der Waals surface area (Å²) in [5.74, 6) is 0.661. The first-order chi connectivity index (χ1) is 18.0. The van der Waals surface area contributed by atoms with Gasteiger partial charge in [-0.3, -0.25) is 19.3 Å². The molecule has 0 bridgehead atoms. The number of pyridine rings is 1. The number of hydrogen-bond acceptors (Lipinski definition) is 9. The number of nitrogens with one attached hydrogen (secondary N) is 1. The molecule has 12 nitrogen and oxygen atoms in total. The van der Waals surface area contributed by atoms with Crippen molar-refractivity contribution in [3.8, 4) is 11.3 Å². The van der Waals surface area contributed by atoms with Gasteiger partial charge < -0.3 is 21.1 Å². The minimum Gasteiger partial charge on any atom is -0.483 e. The SMILES string of the molecule is Nc1nc(CCCNc2nc(-c3cccc(N4CCCC4)c3)cc3nccn23)ccc1[N+](=O)[O-].O=CO. The molecule has 12 heteroatoms. The van der Waals surface area contributed by atoms with E-state index in [0.717, 1.165) is 42.1 Å². The molecule has 1 aromatic carbocycles. The number of rotatable bonds is 8. The number of fused-ring (bicyclic) bond motifs is 1. The monoisotopic (exact) mass is 504 g/mol. The summed E-state index contributed by atoms with van der Waals surface area (Å²) in [4.78, 5) is 34.7. The van der Waals surface area contributed by atoms with Crippen molar-refractivity contribution in [2.75, 3.05) is 35.6 Å². The van der Waals surface area contributed by atoms with Gasteiger partial charge in [0.1, 0.15) is 5.65 Å². The number of nitrogen functional groups attached to an aromatic ring is 1. The fraction of sp³-hybridized carbons (Fsp3) is 0.280. The molecule has 1 fully saturated rings. The second kappa shape index (κ2) is 11.8. The number of benzene rings is 1. The summed E-state index contributed by atoms with van der Waals surface area (Å²) in [5, 5.41) is 21.2. The van der Waals surface area contributed by atoms with Crippen LogP contribution >= 0.6 is 0 Å². The van der Waals surface area contributed by atoms with Crippen molar-refractivity contribution in [2.24, 2.45) is 0 Å².